The van der Waals surface area contributed by atoms with Crippen LogP contribution in [-0.2, 0) is 0 Å². The van der Waals surface area contributed by atoms with Gasteiger partial charge in [0.15, 0.2) is 0 Å². The molecule has 0 saturated heterocycles. The lowest BCUT2D eigenvalue weighted by atomic mass is 10.1. The molecule has 1 aromatic rings. The zero-order valence-electron chi connectivity index (χ0n) is 10.6. The first-order valence-electron chi connectivity index (χ1n) is 5.92. The first-order valence-corrected chi connectivity index (χ1v) is 5.92. The molecule has 0 radical (unpaired) electrons. The van der Waals surface area contributed by atoms with Crippen LogP contribution in [0, 0.1) is 0 Å². The maximum atomic E-state index is 5.53. The second-order valence-electron chi connectivity index (χ2n) is 3.96. The molecule has 0 atom stereocenters. The number of ether oxygens (including phenoxy) is 1. The molecule has 0 aliphatic heterocycles. The third kappa shape index (κ3) is 3.08. The molecule has 0 amide bonds. The number of hydrogen-bond donors (Lipinski definition) is 1. The fourth-order valence-electron chi connectivity index (χ4n) is 1.54. The van der Waals surface area contributed by atoms with Gasteiger partial charge in [0.25, 0.3) is 0 Å². The van der Waals surface area contributed by atoms with Gasteiger partial charge in [-0.25, -0.2) is 9.97 Å². The monoisotopic (exact) mass is 223 g/mol. The van der Waals surface area contributed by atoms with E-state index in [1.54, 1.807) is 6.33 Å². The van der Waals surface area contributed by atoms with Crippen LogP contribution in [0.1, 0.15) is 45.6 Å². The molecule has 0 saturated carbocycles. The molecule has 1 N–H and O–H groups in total. The van der Waals surface area contributed by atoms with Crippen molar-refractivity contribution in [3.8, 4) is 5.88 Å². The average Bonchev–Trinajstić information content (AvgIpc) is 2.26. The molecule has 0 aliphatic carbocycles. The number of hydrogen-bond acceptors (Lipinski definition) is 4. The summed E-state index contributed by atoms with van der Waals surface area (Å²) in [6, 6.07) is 0. The molecule has 0 bridgehead atoms. The number of nitrogens with one attached hydrogen (secondary N) is 1. The van der Waals surface area contributed by atoms with Crippen molar-refractivity contribution in [2.75, 3.05) is 18.5 Å². The lowest BCUT2D eigenvalue weighted by molar-refractivity contribution is 0.321. The van der Waals surface area contributed by atoms with Gasteiger partial charge in [-0.2, -0.15) is 0 Å². The van der Waals surface area contributed by atoms with E-state index in [2.05, 4.69) is 36.1 Å². The van der Waals surface area contributed by atoms with Gasteiger partial charge in [-0.15, -0.1) is 0 Å². The topological polar surface area (TPSA) is 47.0 Å². The lowest BCUT2D eigenvalue weighted by Gasteiger charge is -2.16. The standard InChI is InChI=1S/C12H21N3O/c1-5-7-13-11-10(9(3)4)12(16-6-2)15-8-14-11/h8-9H,5-7H2,1-4H3,(H,13,14,15). The van der Waals surface area contributed by atoms with Crippen molar-refractivity contribution < 1.29 is 4.74 Å². The molecule has 0 aromatic carbocycles. The molecular weight excluding hydrogens is 202 g/mol. The Labute approximate surface area is 97.5 Å². The second kappa shape index (κ2) is 6.30. The number of anilines is 1. The first-order chi connectivity index (χ1) is 7.70. The van der Waals surface area contributed by atoms with Crippen molar-refractivity contribution >= 4 is 5.82 Å². The Morgan fingerprint density at radius 1 is 1.31 bits per heavy atom. The fraction of sp³-hybridized carbons (Fsp3) is 0.667. The predicted molar refractivity (Wildman–Crippen MR) is 66.1 cm³/mol. The van der Waals surface area contributed by atoms with E-state index in [-0.39, 0.29) is 0 Å². The van der Waals surface area contributed by atoms with E-state index in [1.807, 2.05) is 6.92 Å². The van der Waals surface area contributed by atoms with Gasteiger partial charge in [0.1, 0.15) is 12.1 Å². The van der Waals surface area contributed by atoms with Gasteiger partial charge >= 0.3 is 0 Å². The van der Waals surface area contributed by atoms with Crippen molar-refractivity contribution in [3.63, 3.8) is 0 Å². The molecule has 4 heteroatoms. The summed E-state index contributed by atoms with van der Waals surface area (Å²) < 4.78 is 5.53. The fourth-order valence-corrected chi connectivity index (χ4v) is 1.54. The highest BCUT2D eigenvalue weighted by molar-refractivity contribution is 5.50. The van der Waals surface area contributed by atoms with Crippen molar-refractivity contribution in [1.82, 2.24) is 9.97 Å². The Hall–Kier alpha value is -1.32. The Balaban J connectivity index is 3.00. The molecule has 0 aliphatic rings. The second-order valence-corrected chi connectivity index (χ2v) is 3.96. The molecule has 0 unspecified atom stereocenters. The van der Waals surface area contributed by atoms with Crippen LogP contribution in [0.15, 0.2) is 6.33 Å². The highest BCUT2D eigenvalue weighted by Gasteiger charge is 2.15. The van der Waals surface area contributed by atoms with E-state index in [4.69, 9.17) is 4.74 Å². The van der Waals surface area contributed by atoms with Gasteiger partial charge in [-0.05, 0) is 19.3 Å². The zero-order valence-corrected chi connectivity index (χ0v) is 10.6. The van der Waals surface area contributed by atoms with Gasteiger partial charge in [0.2, 0.25) is 5.88 Å². The SMILES string of the molecule is CCCNc1ncnc(OCC)c1C(C)C. The van der Waals surface area contributed by atoms with E-state index in [1.165, 1.54) is 0 Å². The van der Waals surface area contributed by atoms with Crippen LogP contribution in [0.25, 0.3) is 0 Å². The molecular formula is C12H21N3O. The Morgan fingerprint density at radius 2 is 2.06 bits per heavy atom. The summed E-state index contributed by atoms with van der Waals surface area (Å²) in [5.74, 6) is 1.95. The van der Waals surface area contributed by atoms with Crippen molar-refractivity contribution in [1.29, 1.82) is 0 Å². The first kappa shape index (κ1) is 12.7. The average molecular weight is 223 g/mol. The number of aromatic nitrogens is 2. The predicted octanol–water partition coefficient (Wildman–Crippen LogP) is 2.82. The zero-order chi connectivity index (χ0) is 12.0. The molecule has 1 rings (SSSR count). The van der Waals surface area contributed by atoms with Crippen molar-refractivity contribution in [2.45, 2.75) is 40.0 Å². The van der Waals surface area contributed by atoms with Crippen LogP contribution in [0.3, 0.4) is 0 Å². The summed E-state index contributed by atoms with van der Waals surface area (Å²) in [6.45, 7) is 9.89. The Bertz CT molecular complexity index is 326. The van der Waals surface area contributed by atoms with Crippen LogP contribution in [0.4, 0.5) is 5.82 Å². The van der Waals surface area contributed by atoms with Crippen LogP contribution >= 0.6 is 0 Å². The van der Waals surface area contributed by atoms with E-state index in [9.17, 15) is 0 Å². The quantitative estimate of drug-likeness (QED) is 0.805. The van der Waals surface area contributed by atoms with Crippen LogP contribution in [-0.4, -0.2) is 23.1 Å². The minimum Gasteiger partial charge on any atom is -0.478 e. The Morgan fingerprint density at radius 3 is 2.62 bits per heavy atom. The summed E-state index contributed by atoms with van der Waals surface area (Å²) in [5, 5.41) is 3.31. The van der Waals surface area contributed by atoms with Crippen LogP contribution in [0.5, 0.6) is 5.88 Å². The number of nitrogens with zero attached hydrogens (tertiary/aromatic N) is 2. The minimum atomic E-state index is 0.349. The number of rotatable bonds is 6. The summed E-state index contributed by atoms with van der Waals surface area (Å²) in [6.07, 6.45) is 2.63. The largest absolute Gasteiger partial charge is 0.478 e. The third-order valence-corrected chi connectivity index (χ3v) is 2.25. The van der Waals surface area contributed by atoms with E-state index < -0.39 is 0 Å². The van der Waals surface area contributed by atoms with Crippen molar-refractivity contribution in [2.24, 2.45) is 0 Å². The highest BCUT2D eigenvalue weighted by atomic mass is 16.5. The van der Waals surface area contributed by atoms with Gasteiger partial charge in [-0.3, -0.25) is 0 Å². The van der Waals surface area contributed by atoms with E-state index >= 15 is 0 Å². The van der Waals surface area contributed by atoms with Gasteiger partial charge in [-0.1, -0.05) is 20.8 Å². The van der Waals surface area contributed by atoms with Crippen molar-refractivity contribution in [3.05, 3.63) is 11.9 Å². The van der Waals surface area contributed by atoms with Gasteiger partial charge in [0, 0.05) is 6.54 Å². The van der Waals surface area contributed by atoms with Crippen LogP contribution in [0.2, 0.25) is 0 Å². The maximum Gasteiger partial charge on any atom is 0.222 e. The Kier molecular flexibility index (Phi) is 5.02. The van der Waals surface area contributed by atoms with Gasteiger partial charge < -0.3 is 10.1 Å². The molecule has 90 valence electrons. The summed E-state index contributed by atoms with van der Waals surface area (Å²) >= 11 is 0. The van der Waals surface area contributed by atoms with E-state index in [0.29, 0.717) is 18.4 Å². The smallest absolute Gasteiger partial charge is 0.222 e. The summed E-state index contributed by atoms with van der Waals surface area (Å²) in [7, 11) is 0. The lowest BCUT2D eigenvalue weighted by Crippen LogP contribution is -2.09. The molecule has 1 heterocycles. The minimum absolute atomic E-state index is 0.349. The maximum absolute atomic E-state index is 5.53. The summed E-state index contributed by atoms with van der Waals surface area (Å²) in [5.41, 5.74) is 1.07. The summed E-state index contributed by atoms with van der Waals surface area (Å²) in [4.78, 5) is 8.46. The normalized spacial score (nSPS) is 10.6. The van der Waals surface area contributed by atoms with Crippen LogP contribution < -0.4 is 10.1 Å². The van der Waals surface area contributed by atoms with E-state index in [0.717, 1.165) is 24.3 Å². The molecule has 4 nitrogen and oxygen atoms in total. The molecule has 0 fully saturated rings. The molecule has 0 spiro atoms. The third-order valence-electron chi connectivity index (χ3n) is 2.25. The molecule has 1 aromatic heterocycles. The van der Waals surface area contributed by atoms with Gasteiger partial charge in [0.05, 0.1) is 12.2 Å². The molecule has 16 heavy (non-hydrogen) atoms. The highest BCUT2D eigenvalue weighted by Crippen LogP contribution is 2.29.